The van der Waals surface area contributed by atoms with Crippen LogP contribution in [-0.2, 0) is 0 Å². The van der Waals surface area contributed by atoms with Gasteiger partial charge in [0.2, 0.25) is 0 Å². The average Bonchev–Trinajstić information content (AvgIpc) is 2.16. The molecule has 0 spiro atoms. The van der Waals surface area contributed by atoms with Gasteiger partial charge in [-0.1, -0.05) is 36.4 Å². The van der Waals surface area contributed by atoms with Gasteiger partial charge in [-0.3, -0.25) is 0 Å². The maximum absolute atomic E-state index is 9.40. The summed E-state index contributed by atoms with van der Waals surface area (Å²) in [6.45, 7) is 1.54. The number of hydrogen-bond acceptors (Lipinski definition) is 3. The van der Waals surface area contributed by atoms with Crippen molar-refractivity contribution in [3.63, 3.8) is 0 Å². The zero-order valence-electron chi connectivity index (χ0n) is 8.09. The first-order valence-electron chi connectivity index (χ1n) is 4.47. The van der Waals surface area contributed by atoms with Crippen molar-refractivity contribution >= 4 is 6.08 Å². The lowest BCUT2D eigenvalue weighted by Gasteiger charge is -2.21. The normalized spacial score (nSPS) is 14.6. The van der Waals surface area contributed by atoms with Crippen molar-refractivity contribution < 1.29 is 10.2 Å². The molecule has 0 saturated carbocycles. The maximum Gasteiger partial charge on any atom is 0.198 e. The molecule has 1 rings (SSSR count). The minimum Gasteiger partial charge on any atom is -0.361 e. The van der Waals surface area contributed by atoms with Crippen LogP contribution < -0.4 is 5.73 Å². The molecule has 0 saturated heterocycles. The topological polar surface area (TPSA) is 66.5 Å². The van der Waals surface area contributed by atoms with E-state index >= 15 is 0 Å². The van der Waals surface area contributed by atoms with Crippen molar-refractivity contribution in [1.82, 2.24) is 0 Å². The third-order valence-corrected chi connectivity index (χ3v) is 1.99. The molecule has 0 bridgehead atoms. The molecule has 1 unspecified atom stereocenters. The molecule has 0 amide bonds. The quantitative estimate of drug-likeness (QED) is 0.620. The van der Waals surface area contributed by atoms with E-state index in [-0.39, 0.29) is 0 Å². The fourth-order valence-corrected chi connectivity index (χ4v) is 0.935. The minimum atomic E-state index is -1.95. The first-order chi connectivity index (χ1) is 6.52. The molecular weight excluding hydrogens is 178 g/mol. The molecule has 4 N–H and O–H groups in total. The Kier molecular flexibility index (Phi) is 3.41. The second kappa shape index (κ2) is 4.37. The van der Waals surface area contributed by atoms with E-state index in [2.05, 4.69) is 0 Å². The van der Waals surface area contributed by atoms with Crippen LogP contribution in [0.1, 0.15) is 12.5 Å². The van der Waals surface area contributed by atoms with E-state index in [1.807, 2.05) is 30.3 Å². The summed E-state index contributed by atoms with van der Waals surface area (Å²) < 4.78 is 0. The molecule has 0 aliphatic carbocycles. The minimum absolute atomic E-state index is 0.720. The van der Waals surface area contributed by atoms with Gasteiger partial charge >= 0.3 is 0 Å². The highest BCUT2D eigenvalue weighted by molar-refractivity contribution is 5.49. The van der Waals surface area contributed by atoms with E-state index in [1.165, 1.54) is 13.0 Å². The molecule has 14 heavy (non-hydrogen) atoms. The Morgan fingerprint density at radius 3 is 2.36 bits per heavy atom. The Morgan fingerprint density at radius 2 is 1.86 bits per heavy atom. The van der Waals surface area contributed by atoms with Gasteiger partial charge in [-0.05, 0) is 18.6 Å². The summed E-state index contributed by atoms with van der Waals surface area (Å²) in [5, 5.41) is 18.8. The molecule has 0 fully saturated rings. The van der Waals surface area contributed by atoms with Crippen LogP contribution in [0.2, 0.25) is 0 Å². The number of nitrogens with two attached hydrogens (primary N) is 1. The Hall–Kier alpha value is -1.16. The highest BCUT2D eigenvalue weighted by Crippen LogP contribution is 2.09. The predicted molar refractivity (Wildman–Crippen MR) is 56.3 cm³/mol. The van der Waals surface area contributed by atoms with Crippen molar-refractivity contribution in [2.75, 3.05) is 0 Å². The van der Waals surface area contributed by atoms with E-state index in [0.29, 0.717) is 0 Å². The van der Waals surface area contributed by atoms with E-state index in [0.717, 1.165) is 5.56 Å². The van der Waals surface area contributed by atoms with Gasteiger partial charge < -0.3 is 15.9 Å². The summed E-state index contributed by atoms with van der Waals surface area (Å²) in [6.07, 6.45) is 2.91. The highest BCUT2D eigenvalue weighted by Gasteiger charge is 2.23. The third kappa shape index (κ3) is 2.96. The standard InChI is InChI=1S/C11H15NO2/c1-9(12)11(13,14)8-7-10-5-3-2-4-6-10/h2-9,13-14H,12H2,1H3. The highest BCUT2D eigenvalue weighted by atomic mass is 16.5. The molecule has 1 aromatic carbocycles. The lowest BCUT2D eigenvalue weighted by Crippen LogP contribution is -2.44. The Bertz CT molecular complexity index is 304. The van der Waals surface area contributed by atoms with E-state index in [9.17, 15) is 10.2 Å². The van der Waals surface area contributed by atoms with Crippen LogP contribution in [0.25, 0.3) is 6.08 Å². The van der Waals surface area contributed by atoms with Gasteiger partial charge in [0.05, 0.1) is 6.04 Å². The van der Waals surface area contributed by atoms with Gasteiger partial charge in [0.15, 0.2) is 5.79 Å². The predicted octanol–water partition coefficient (Wildman–Crippen LogP) is 0.728. The SMILES string of the molecule is CC(N)C(O)(O)C=Cc1ccccc1. The summed E-state index contributed by atoms with van der Waals surface area (Å²) in [5.74, 6) is -1.95. The summed E-state index contributed by atoms with van der Waals surface area (Å²) in [7, 11) is 0. The Labute approximate surface area is 83.5 Å². The third-order valence-electron chi connectivity index (χ3n) is 1.99. The van der Waals surface area contributed by atoms with Gasteiger partial charge in [0, 0.05) is 0 Å². The fraction of sp³-hybridized carbons (Fsp3) is 0.273. The van der Waals surface area contributed by atoms with E-state index < -0.39 is 11.8 Å². The second-order valence-electron chi connectivity index (χ2n) is 3.32. The maximum atomic E-state index is 9.40. The van der Waals surface area contributed by atoms with Crippen LogP contribution >= 0.6 is 0 Å². The lowest BCUT2D eigenvalue weighted by molar-refractivity contribution is -0.130. The van der Waals surface area contributed by atoms with Gasteiger partial charge in [-0.2, -0.15) is 0 Å². The first-order valence-corrected chi connectivity index (χ1v) is 4.47. The van der Waals surface area contributed by atoms with Gasteiger partial charge in [-0.15, -0.1) is 0 Å². The van der Waals surface area contributed by atoms with Crippen LogP contribution in [0.5, 0.6) is 0 Å². The number of benzene rings is 1. The first kappa shape index (κ1) is 10.9. The summed E-state index contributed by atoms with van der Waals surface area (Å²) in [5.41, 5.74) is 6.29. The molecule has 3 nitrogen and oxygen atoms in total. The monoisotopic (exact) mass is 193 g/mol. The van der Waals surface area contributed by atoms with E-state index in [4.69, 9.17) is 5.73 Å². The van der Waals surface area contributed by atoms with Crippen molar-refractivity contribution in [1.29, 1.82) is 0 Å². The lowest BCUT2D eigenvalue weighted by atomic mass is 10.1. The molecular formula is C11H15NO2. The molecule has 0 heterocycles. The van der Waals surface area contributed by atoms with Gasteiger partial charge in [-0.25, -0.2) is 0 Å². The summed E-state index contributed by atoms with van der Waals surface area (Å²) in [4.78, 5) is 0. The van der Waals surface area contributed by atoms with Crippen LogP contribution in [0.3, 0.4) is 0 Å². The summed E-state index contributed by atoms with van der Waals surface area (Å²) in [6, 6.07) is 8.67. The molecule has 0 aliphatic rings. The largest absolute Gasteiger partial charge is 0.361 e. The summed E-state index contributed by atoms with van der Waals surface area (Å²) >= 11 is 0. The molecule has 1 aromatic rings. The molecule has 76 valence electrons. The van der Waals surface area contributed by atoms with Crippen molar-refractivity contribution in [2.45, 2.75) is 18.8 Å². The van der Waals surface area contributed by atoms with Crippen molar-refractivity contribution in [3.8, 4) is 0 Å². The van der Waals surface area contributed by atoms with E-state index in [1.54, 1.807) is 6.08 Å². The Morgan fingerprint density at radius 1 is 1.29 bits per heavy atom. The number of rotatable bonds is 3. The molecule has 1 atom stereocenters. The molecule has 0 aliphatic heterocycles. The van der Waals surface area contributed by atoms with Gasteiger partial charge in [0.25, 0.3) is 0 Å². The van der Waals surface area contributed by atoms with Crippen LogP contribution in [0, 0.1) is 0 Å². The van der Waals surface area contributed by atoms with Crippen LogP contribution in [-0.4, -0.2) is 22.0 Å². The van der Waals surface area contributed by atoms with Crippen LogP contribution in [0.4, 0.5) is 0 Å². The van der Waals surface area contributed by atoms with Crippen molar-refractivity contribution in [2.24, 2.45) is 5.73 Å². The number of hydrogen-bond donors (Lipinski definition) is 3. The van der Waals surface area contributed by atoms with Crippen molar-refractivity contribution in [3.05, 3.63) is 42.0 Å². The molecule has 0 aromatic heterocycles. The Balaban J connectivity index is 2.74. The van der Waals surface area contributed by atoms with Gasteiger partial charge in [0.1, 0.15) is 0 Å². The zero-order chi connectivity index (χ0) is 10.6. The fourth-order valence-electron chi connectivity index (χ4n) is 0.935. The molecule has 0 radical (unpaired) electrons. The molecule has 3 heteroatoms. The van der Waals surface area contributed by atoms with Crippen LogP contribution in [0.15, 0.2) is 36.4 Å². The smallest absolute Gasteiger partial charge is 0.198 e. The second-order valence-corrected chi connectivity index (χ2v) is 3.32. The average molecular weight is 193 g/mol. The zero-order valence-corrected chi connectivity index (χ0v) is 8.09. The number of aliphatic hydroxyl groups is 2.